The van der Waals surface area contributed by atoms with E-state index in [0.29, 0.717) is 12.4 Å². The van der Waals surface area contributed by atoms with Crippen LogP contribution in [0.25, 0.3) is 0 Å². The van der Waals surface area contributed by atoms with Crippen LogP contribution >= 0.6 is 0 Å². The first-order valence-electron chi connectivity index (χ1n) is 4.56. The Hall–Kier alpha value is -1.84. The molecular weight excluding hydrogens is 192 g/mol. The highest BCUT2D eigenvalue weighted by Gasteiger charge is 2.04. The van der Waals surface area contributed by atoms with E-state index in [2.05, 4.69) is 11.9 Å². The Kier molecular flexibility index (Phi) is 3.85. The van der Waals surface area contributed by atoms with Gasteiger partial charge in [0.25, 0.3) is 0 Å². The van der Waals surface area contributed by atoms with Crippen LogP contribution in [-0.4, -0.2) is 14.2 Å². The molecule has 0 amide bonds. The second kappa shape index (κ2) is 5.14. The molecule has 0 fully saturated rings. The highest BCUT2D eigenvalue weighted by molar-refractivity contribution is 5.40. The van der Waals surface area contributed by atoms with Gasteiger partial charge in [-0.3, -0.25) is 0 Å². The average molecular weight is 208 g/mol. The topological polar surface area (TPSA) is 56.5 Å². The van der Waals surface area contributed by atoms with Crippen LogP contribution in [0.4, 0.5) is 0 Å². The van der Waals surface area contributed by atoms with Crippen molar-refractivity contribution in [1.82, 2.24) is 5.32 Å². The van der Waals surface area contributed by atoms with Crippen molar-refractivity contribution in [3.05, 3.63) is 36.2 Å². The normalized spacial score (nSPS) is 9.47. The van der Waals surface area contributed by atoms with Crippen LogP contribution in [0.15, 0.2) is 30.6 Å². The van der Waals surface area contributed by atoms with Gasteiger partial charge in [-0.2, -0.15) is 0 Å². The molecule has 0 aliphatic carbocycles. The molecule has 0 spiro atoms. The maximum absolute atomic E-state index is 5.42. The molecule has 15 heavy (non-hydrogen) atoms. The van der Waals surface area contributed by atoms with Crippen molar-refractivity contribution >= 4 is 0 Å². The molecule has 1 aromatic carbocycles. The fraction of sp³-hybridized carbons (Fsp3) is 0.273. The summed E-state index contributed by atoms with van der Waals surface area (Å²) in [6.45, 7) is 4.15. The second-order valence-electron chi connectivity index (χ2n) is 3.06. The molecule has 0 heterocycles. The van der Waals surface area contributed by atoms with E-state index in [9.17, 15) is 0 Å². The number of hydrogen-bond acceptors (Lipinski definition) is 4. The second-order valence-corrected chi connectivity index (χ2v) is 3.06. The summed E-state index contributed by atoms with van der Waals surface area (Å²) in [7, 11) is 3.24. The molecule has 0 radical (unpaired) electrons. The summed E-state index contributed by atoms with van der Waals surface area (Å²) in [4.78, 5) is 0. The molecule has 0 aliphatic heterocycles. The summed E-state index contributed by atoms with van der Waals surface area (Å²) in [6.07, 6.45) is 0. The lowest BCUT2D eigenvalue weighted by Gasteiger charge is -2.11. The molecule has 4 heteroatoms. The fourth-order valence-corrected chi connectivity index (χ4v) is 1.21. The zero-order chi connectivity index (χ0) is 11.3. The molecule has 0 saturated heterocycles. The number of rotatable bonds is 5. The first-order valence-corrected chi connectivity index (χ1v) is 4.56. The van der Waals surface area contributed by atoms with Crippen molar-refractivity contribution in [2.24, 2.45) is 5.73 Å². The highest BCUT2D eigenvalue weighted by atomic mass is 16.5. The van der Waals surface area contributed by atoms with Gasteiger partial charge in [0.15, 0.2) is 0 Å². The van der Waals surface area contributed by atoms with Crippen LogP contribution in [0.5, 0.6) is 11.5 Å². The number of ether oxygens (including phenoxy) is 2. The van der Waals surface area contributed by atoms with Gasteiger partial charge in [-0.25, -0.2) is 0 Å². The Labute approximate surface area is 89.7 Å². The average Bonchev–Trinajstić information content (AvgIpc) is 2.25. The Bertz CT molecular complexity index is 350. The minimum Gasteiger partial charge on any atom is -0.497 e. The Morgan fingerprint density at radius 3 is 2.67 bits per heavy atom. The predicted molar refractivity (Wildman–Crippen MR) is 59.7 cm³/mol. The van der Waals surface area contributed by atoms with Gasteiger partial charge in [-0.1, -0.05) is 6.58 Å². The summed E-state index contributed by atoms with van der Waals surface area (Å²) in [5.41, 5.74) is 6.42. The lowest BCUT2D eigenvalue weighted by molar-refractivity contribution is 0.390. The molecule has 0 aliphatic rings. The number of methoxy groups -OCH3 is 2. The molecule has 1 rings (SSSR count). The van der Waals surface area contributed by atoms with E-state index in [1.807, 2.05) is 18.2 Å². The molecule has 1 aromatic rings. The van der Waals surface area contributed by atoms with Gasteiger partial charge in [0.2, 0.25) is 0 Å². The van der Waals surface area contributed by atoms with Crippen LogP contribution in [0, 0.1) is 0 Å². The van der Waals surface area contributed by atoms with E-state index < -0.39 is 0 Å². The van der Waals surface area contributed by atoms with Crippen LogP contribution in [0.3, 0.4) is 0 Å². The van der Waals surface area contributed by atoms with Crippen LogP contribution in [-0.2, 0) is 6.54 Å². The molecule has 4 nitrogen and oxygen atoms in total. The standard InChI is InChI=1S/C11H16N2O2/c1-8(12)13-7-9-4-5-10(14-2)6-11(9)15-3/h4-6,13H,1,7,12H2,2-3H3. The van der Waals surface area contributed by atoms with E-state index in [-0.39, 0.29) is 0 Å². The molecular formula is C11H16N2O2. The molecule has 82 valence electrons. The predicted octanol–water partition coefficient (Wildman–Crippen LogP) is 1.22. The summed E-state index contributed by atoms with van der Waals surface area (Å²) in [5.74, 6) is 1.97. The third-order valence-corrected chi connectivity index (χ3v) is 2.00. The van der Waals surface area contributed by atoms with Gasteiger partial charge in [-0.05, 0) is 12.1 Å². The zero-order valence-electron chi connectivity index (χ0n) is 9.04. The summed E-state index contributed by atoms with van der Waals surface area (Å²) >= 11 is 0. The quantitative estimate of drug-likeness (QED) is 0.764. The first-order chi connectivity index (χ1) is 7.17. The number of nitrogens with one attached hydrogen (secondary N) is 1. The van der Waals surface area contributed by atoms with Crippen molar-refractivity contribution in [3.8, 4) is 11.5 Å². The van der Waals surface area contributed by atoms with Crippen molar-refractivity contribution < 1.29 is 9.47 Å². The van der Waals surface area contributed by atoms with Crippen LogP contribution in [0.2, 0.25) is 0 Å². The van der Waals surface area contributed by atoms with Crippen LogP contribution < -0.4 is 20.5 Å². The first kappa shape index (κ1) is 11.2. The maximum Gasteiger partial charge on any atom is 0.127 e. The summed E-state index contributed by atoms with van der Waals surface area (Å²) in [6, 6.07) is 5.63. The van der Waals surface area contributed by atoms with E-state index in [1.165, 1.54) is 0 Å². The SMILES string of the molecule is C=C(N)NCc1ccc(OC)cc1OC. The highest BCUT2D eigenvalue weighted by Crippen LogP contribution is 2.24. The third kappa shape index (κ3) is 3.09. The van der Waals surface area contributed by atoms with Crippen molar-refractivity contribution in [3.63, 3.8) is 0 Å². The number of hydrogen-bond donors (Lipinski definition) is 2. The van der Waals surface area contributed by atoms with Gasteiger partial charge in [0.1, 0.15) is 11.5 Å². The van der Waals surface area contributed by atoms with Gasteiger partial charge >= 0.3 is 0 Å². The van der Waals surface area contributed by atoms with Crippen molar-refractivity contribution in [2.45, 2.75) is 6.54 Å². The smallest absolute Gasteiger partial charge is 0.127 e. The van der Waals surface area contributed by atoms with Crippen molar-refractivity contribution in [2.75, 3.05) is 14.2 Å². The molecule has 0 aromatic heterocycles. The van der Waals surface area contributed by atoms with E-state index in [1.54, 1.807) is 14.2 Å². The largest absolute Gasteiger partial charge is 0.497 e. The van der Waals surface area contributed by atoms with Gasteiger partial charge in [0.05, 0.1) is 20.0 Å². The van der Waals surface area contributed by atoms with E-state index in [4.69, 9.17) is 15.2 Å². The summed E-state index contributed by atoms with van der Waals surface area (Å²) < 4.78 is 10.3. The molecule has 0 atom stereocenters. The number of benzene rings is 1. The van der Waals surface area contributed by atoms with E-state index >= 15 is 0 Å². The third-order valence-electron chi connectivity index (χ3n) is 2.00. The van der Waals surface area contributed by atoms with Crippen LogP contribution in [0.1, 0.15) is 5.56 Å². The lowest BCUT2D eigenvalue weighted by atomic mass is 10.2. The molecule has 3 N–H and O–H groups in total. The fourth-order valence-electron chi connectivity index (χ4n) is 1.21. The number of nitrogens with two attached hydrogens (primary N) is 1. The van der Waals surface area contributed by atoms with Gasteiger partial charge in [0, 0.05) is 18.2 Å². The Morgan fingerprint density at radius 2 is 2.13 bits per heavy atom. The molecule has 0 saturated carbocycles. The van der Waals surface area contributed by atoms with Gasteiger partial charge < -0.3 is 20.5 Å². The maximum atomic E-state index is 5.42. The van der Waals surface area contributed by atoms with E-state index in [0.717, 1.165) is 17.1 Å². The minimum absolute atomic E-state index is 0.438. The van der Waals surface area contributed by atoms with Crippen molar-refractivity contribution in [1.29, 1.82) is 0 Å². The Morgan fingerprint density at radius 1 is 1.40 bits per heavy atom. The van der Waals surface area contributed by atoms with Gasteiger partial charge in [-0.15, -0.1) is 0 Å². The zero-order valence-corrected chi connectivity index (χ0v) is 9.04. The Balaban J connectivity index is 2.82. The monoisotopic (exact) mass is 208 g/mol. The lowest BCUT2D eigenvalue weighted by Crippen LogP contribution is -2.18. The summed E-state index contributed by atoms with van der Waals surface area (Å²) in [5, 5.41) is 2.94. The minimum atomic E-state index is 0.438. The molecule has 0 unspecified atom stereocenters. The molecule has 0 bridgehead atoms.